The molecule has 1 unspecified atom stereocenters. The topological polar surface area (TPSA) is 70.1 Å². The highest BCUT2D eigenvalue weighted by molar-refractivity contribution is 7.89. The van der Waals surface area contributed by atoms with Crippen molar-refractivity contribution in [3.63, 3.8) is 0 Å². The maximum Gasteiger partial charge on any atom is 0.243 e. The van der Waals surface area contributed by atoms with Crippen molar-refractivity contribution < 1.29 is 18.3 Å². The molecule has 4 rings (SSSR count). The Bertz CT molecular complexity index is 938. The van der Waals surface area contributed by atoms with Gasteiger partial charge in [0.15, 0.2) is 0 Å². The van der Waals surface area contributed by atoms with Gasteiger partial charge >= 0.3 is 0 Å². The second-order valence-corrected chi connectivity index (χ2v) is 9.85. The summed E-state index contributed by atoms with van der Waals surface area (Å²) in [5, 5.41) is 9.73. The monoisotopic (exact) mass is 416 g/mol. The smallest absolute Gasteiger partial charge is 0.243 e. The average molecular weight is 417 g/mol. The van der Waals surface area contributed by atoms with Crippen molar-refractivity contribution in [2.45, 2.75) is 43.2 Å². The molecule has 2 aromatic carbocycles. The number of piperidine rings is 1. The van der Waals surface area contributed by atoms with Crippen LogP contribution in [0.4, 0.5) is 0 Å². The van der Waals surface area contributed by atoms with E-state index in [-0.39, 0.29) is 6.10 Å². The van der Waals surface area contributed by atoms with E-state index >= 15 is 0 Å². The van der Waals surface area contributed by atoms with Crippen LogP contribution in [0, 0.1) is 6.92 Å². The van der Waals surface area contributed by atoms with Gasteiger partial charge in [0.2, 0.25) is 10.0 Å². The Labute approximate surface area is 172 Å². The maximum absolute atomic E-state index is 13.0. The zero-order chi connectivity index (χ0) is 20.4. The van der Waals surface area contributed by atoms with E-state index in [1.807, 2.05) is 31.2 Å². The van der Waals surface area contributed by atoms with Gasteiger partial charge in [0.25, 0.3) is 0 Å². The van der Waals surface area contributed by atoms with Crippen molar-refractivity contribution in [3.8, 4) is 11.5 Å². The second kappa shape index (κ2) is 8.44. The molecule has 0 saturated carbocycles. The lowest BCUT2D eigenvalue weighted by Crippen LogP contribution is -2.46. The lowest BCUT2D eigenvalue weighted by atomic mass is 10.1. The van der Waals surface area contributed by atoms with Crippen LogP contribution in [0.1, 0.15) is 24.8 Å². The predicted octanol–water partition coefficient (Wildman–Crippen LogP) is 3.01. The number of likely N-dealkylation sites (tertiary alicyclic amines) is 1. The maximum atomic E-state index is 13.0. The third kappa shape index (κ3) is 4.48. The molecule has 2 aliphatic heterocycles. The van der Waals surface area contributed by atoms with E-state index in [1.165, 1.54) is 0 Å². The number of aryl methyl sites for hydroxylation is 1. The first kappa shape index (κ1) is 20.3. The van der Waals surface area contributed by atoms with Gasteiger partial charge in [0, 0.05) is 32.2 Å². The highest BCUT2D eigenvalue weighted by atomic mass is 32.2. The number of rotatable bonds is 5. The van der Waals surface area contributed by atoms with Crippen molar-refractivity contribution in [2.75, 3.05) is 26.2 Å². The van der Waals surface area contributed by atoms with Gasteiger partial charge in [-0.1, -0.05) is 18.2 Å². The van der Waals surface area contributed by atoms with Gasteiger partial charge in [-0.3, -0.25) is 4.90 Å². The van der Waals surface area contributed by atoms with Crippen molar-refractivity contribution in [1.82, 2.24) is 9.21 Å². The first-order valence-corrected chi connectivity index (χ1v) is 11.6. The molecule has 0 spiro atoms. The first-order chi connectivity index (χ1) is 13.9. The van der Waals surface area contributed by atoms with Crippen molar-refractivity contribution in [1.29, 1.82) is 0 Å². The highest BCUT2D eigenvalue weighted by Gasteiger charge is 2.34. The lowest BCUT2D eigenvalue weighted by Gasteiger charge is -2.36. The average Bonchev–Trinajstić information content (AvgIpc) is 3.17. The number of benzene rings is 2. The van der Waals surface area contributed by atoms with Gasteiger partial charge in [0.1, 0.15) is 11.5 Å². The van der Waals surface area contributed by atoms with Gasteiger partial charge in [-0.25, -0.2) is 8.42 Å². The van der Waals surface area contributed by atoms with Gasteiger partial charge in [-0.15, -0.1) is 0 Å². The molecule has 2 saturated heterocycles. The predicted molar refractivity (Wildman–Crippen MR) is 112 cm³/mol. The molecule has 2 heterocycles. The van der Waals surface area contributed by atoms with Crippen LogP contribution in [0.5, 0.6) is 11.5 Å². The minimum absolute atomic E-state index is 0.239. The van der Waals surface area contributed by atoms with Crippen molar-refractivity contribution in [2.24, 2.45) is 0 Å². The summed E-state index contributed by atoms with van der Waals surface area (Å²) in [5.41, 5.74) is 1.03. The number of aliphatic hydroxyl groups excluding tert-OH is 1. The number of sulfonamides is 1. The number of hydrogen-bond donors (Lipinski definition) is 1. The third-order valence-corrected chi connectivity index (χ3v) is 7.83. The molecule has 2 fully saturated rings. The zero-order valence-corrected chi connectivity index (χ0v) is 17.5. The van der Waals surface area contributed by atoms with Crippen molar-refractivity contribution in [3.05, 3.63) is 54.1 Å². The molecule has 1 N–H and O–H groups in total. The summed E-state index contributed by atoms with van der Waals surface area (Å²) in [5.74, 6) is 1.38. The Balaban J connectivity index is 1.39. The molecule has 0 aromatic heterocycles. The molecular weight excluding hydrogens is 388 g/mol. The quantitative estimate of drug-likeness (QED) is 0.811. The van der Waals surface area contributed by atoms with Crippen LogP contribution in [0.2, 0.25) is 0 Å². The van der Waals surface area contributed by atoms with Gasteiger partial charge in [-0.2, -0.15) is 4.31 Å². The van der Waals surface area contributed by atoms with E-state index in [1.54, 1.807) is 28.6 Å². The van der Waals surface area contributed by atoms with Gasteiger partial charge < -0.3 is 9.84 Å². The number of para-hydroxylation sites is 1. The molecule has 0 bridgehead atoms. The van der Waals surface area contributed by atoms with Crippen LogP contribution < -0.4 is 4.74 Å². The summed E-state index contributed by atoms with van der Waals surface area (Å²) in [7, 11) is -3.51. The van der Waals surface area contributed by atoms with E-state index in [0.29, 0.717) is 36.3 Å². The Morgan fingerprint density at radius 1 is 0.966 bits per heavy atom. The van der Waals surface area contributed by atoms with Crippen LogP contribution in [-0.2, 0) is 10.0 Å². The third-order valence-electron chi connectivity index (χ3n) is 5.92. The minimum atomic E-state index is -3.51. The summed E-state index contributed by atoms with van der Waals surface area (Å²) in [4.78, 5) is 2.59. The summed E-state index contributed by atoms with van der Waals surface area (Å²) >= 11 is 0. The Hall–Kier alpha value is -1.93. The minimum Gasteiger partial charge on any atom is -0.457 e. The lowest BCUT2D eigenvalue weighted by molar-refractivity contribution is 0.132. The highest BCUT2D eigenvalue weighted by Crippen LogP contribution is 2.28. The molecule has 7 heteroatoms. The largest absolute Gasteiger partial charge is 0.457 e. The molecule has 29 heavy (non-hydrogen) atoms. The molecule has 0 amide bonds. The van der Waals surface area contributed by atoms with Crippen LogP contribution in [0.15, 0.2) is 53.4 Å². The Morgan fingerprint density at radius 2 is 1.66 bits per heavy atom. The summed E-state index contributed by atoms with van der Waals surface area (Å²) in [6, 6.07) is 14.7. The standard InChI is InChI=1S/C22H28N2O4S/c1-17-4-2-3-5-22(17)28-20-6-8-21(9-7-20)29(26,27)24-14-10-18(11-15-24)23-13-12-19(25)16-23/h2-9,18-19,25H,10-16H2,1H3. The normalized spacial score (nSPS) is 22.1. The number of ether oxygens (including phenoxy) is 1. The van der Waals surface area contributed by atoms with E-state index in [9.17, 15) is 13.5 Å². The van der Waals surface area contributed by atoms with E-state index in [0.717, 1.165) is 37.1 Å². The number of nitrogens with zero attached hydrogens (tertiary/aromatic N) is 2. The number of aliphatic hydroxyl groups is 1. The number of β-amino-alcohol motifs (C(OH)–C–C–N with tert-alkyl or cyclic N) is 1. The fourth-order valence-electron chi connectivity index (χ4n) is 4.17. The van der Waals surface area contributed by atoms with Crippen LogP contribution in [0.25, 0.3) is 0 Å². The summed E-state index contributed by atoms with van der Waals surface area (Å²) in [6.07, 6.45) is 2.19. The fraction of sp³-hybridized carbons (Fsp3) is 0.455. The first-order valence-electron chi connectivity index (χ1n) is 10.2. The van der Waals surface area contributed by atoms with Crippen molar-refractivity contribution >= 4 is 10.0 Å². The van der Waals surface area contributed by atoms with Gasteiger partial charge in [0.05, 0.1) is 11.0 Å². The molecule has 156 valence electrons. The summed E-state index contributed by atoms with van der Waals surface area (Å²) in [6.45, 7) is 4.61. The molecular formula is C22H28N2O4S. The van der Waals surface area contributed by atoms with E-state index in [4.69, 9.17) is 4.74 Å². The number of hydrogen-bond acceptors (Lipinski definition) is 5. The summed E-state index contributed by atoms with van der Waals surface area (Å²) < 4.78 is 33.5. The van der Waals surface area contributed by atoms with Crippen LogP contribution in [-0.4, -0.2) is 61.1 Å². The zero-order valence-electron chi connectivity index (χ0n) is 16.7. The SMILES string of the molecule is Cc1ccccc1Oc1ccc(S(=O)(=O)N2CCC(N3CCC(O)C3)CC2)cc1. The molecule has 2 aliphatic rings. The molecule has 1 atom stereocenters. The molecule has 0 aliphatic carbocycles. The molecule has 0 radical (unpaired) electrons. The van der Waals surface area contributed by atoms with Gasteiger partial charge in [-0.05, 0) is 62.1 Å². The fourth-order valence-corrected chi connectivity index (χ4v) is 5.64. The Kier molecular flexibility index (Phi) is 5.92. The second-order valence-electron chi connectivity index (χ2n) is 7.91. The van der Waals surface area contributed by atoms with Crippen LogP contribution >= 0.6 is 0 Å². The van der Waals surface area contributed by atoms with E-state index in [2.05, 4.69) is 4.90 Å². The molecule has 2 aromatic rings. The van der Waals surface area contributed by atoms with Crippen LogP contribution in [0.3, 0.4) is 0 Å². The van der Waals surface area contributed by atoms with E-state index < -0.39 is 10.0 Å². The Morgan fingerprint density at radius 3 is 2.28 bits per heavy atom. The molecule has 6 nitrogen and oxygen atoms in total.